The number of aromatic nitrogens is 2. The van der Waals surface area contributed by atoms with Crippen LogP contribution in [0, 0.1) is 0 Å². The molecule has 1 aromatic heterocycles. The largest absolute Gasteiger partial charge is 0.435 e. The Bertz CT molecular complexity index is 1190. The van der Waals surface area contributed by atoms with E-state index >= 15 is 0 Å². The number of benzene rings is 2. The zero-order valence-corrected chi connectivity index (χ0v) is 17.7. The molecule has 3 aromatic rings. The van der Waals surface area contributed by atoms with E-state index in [4.69, 9.17) is 10.9 Å². The molecule has 166 valence electrons. The number of nitrogens with zero attached hydrogens (tertiary/aromatic N) is 3. The van der Waals surface area contributed by atoms with E-state index < -0.39 is 21.9 Å². The molecule has 0 saturated carbocycles. The van der Waals surface area contributed by atoms with Crippen LogP contribution in [-0.2, 0) is 22.7 Å². The number of primary sulfonamides is 1. The molecule has 0 aliphatic carbocycles. The standard InChI is InChI=1S/C20H22F3N5O2S/c1-3-27(2)17-9-4-13(10-14(17)12-24)18-11-19(20(21,22)23)26-28(18)15-5-7-16(8-6-15)31(25,29)30/h4-11H,3,12,24H2,1-2H3,(H2,25,29,30). The van der Waals surface area contributed by atoms with Gasteiger partial charge in [0.05, 0.1) is 16.3 Å². The van der Waals surface area contributed by atoms with E-state index in [0.717, 1.165) is 28.5 Å². The van der Waals surface area contributed by atoms with E-state index in [2.05, 4.69) is 5.10 Å². The van der Waals surface area contributed by atoms with Gasteiger partial charge in [-0.3, -0.25) is 0 Å². The number of halogens is 3. The maximum Gasteiger partial charge on any atom is 0.435 e. The van der Waals surface area contributed by atoms with Crippen LogP contribution >= 0.6 is 0 Å². The summed E-state index contributed by atoms with van der Waals surface area (Å²) in [6.07, 6.45) is -4.65. The molecule has 0 fully saturated rings. The fourth-order valence-electron chi connectivity index (χ4n) is 3.15. The number of rotatable bonds is 6. The van der Waals surface area contributed by atoms with Gasteiger partial charge in [-0.25, -0.2) is 18.2 Å². The lowest BCUT2D eigenvalue weighted by Gasteiger charge is -2.21. The van der Waals surface area contributed by atoms with Crippen molar-refractivity contribution in [3.05, 3.63) is 59.8 Å². The lowest BCUT2D eigenvalue weighted by Crippen LogP contribution is -2.18. The smallest absolute Gasteiger partial charge is 0.375 e. The second kappa shape index (κ2) is 8.33. The summed E-state index contributed by atoms with van der Waals surface area (Å²) in [4.78, 5) is 1.83. The third-order valence-electron chi connectivity index (χ3n) is 4.89. The van der Waals surface area contributed by atoms with Crippen LogP contribution in [0.1, 0.15) is 18.2 Å². The van der Waals surface area contributed by atoms with Crippen LogP contribution in [0.15, 0.2) is 53.4 Å². The van der Waals surface area contributed by atoms with Gasteiger partial charge in [0, 0.05) is 31.4 Å². The van der Waals surface area contributed by atoms with E-state index in [1.54, 1.807) is 18.2 Å². The number of anilines is 1. The molecule has 4 N–H and O–H groups in total. The average Bonchev–Trinajstić information content (AvgIpc) is 3.18. The van der Waals surface area contributed by atoms with Crippen LogP contribution in [0.3, 0.4) is 0 Å². The van der Waals surface area contributed by atoms with Gasteiger partial charge >= 0.3 is 6.18 Å². The Balaban J connectivity index is 2.18. The summed E-state index contributed by atoms with van der Waals surface area (Å²) < 4.78 is 64.3. The Morgan fingerprint density at radius 1 is 1.10 bits per heavy atom. The molecule has 0 spiro atoms. The van der Waals surface area contributed by atoms with E-state index in [0.29, 0.717) is 5.56 Å². The van der Waals surface area contributed by atoms with Gasteiger partial charge in [-0.05, 0) is 55.0 Å². The minimum atomic E-state index is -4.65. The highest BCUT2D eigenvalue weighted by atomic mass is 32.2. The van der Waals surface area contributed by atoms with Crippen molar-refractivity contribution >= 4 is 15.7 Å². The summed E-state index contributed by atoms with van der Waals surface area (Å²) in [7, 11) is -2.04. The van der Waals surface area contributed by atoms with Crippen LogP contribution in [0.25, 0.3) is 16.9 Å². The maximum absolute atomic E-state index is 13.4. The summed E-state index contributed by atoms with van der Waals surface area (Å²) in [5.74, 6) is 0. The van der Waals surface area contributed by atoms with Crippen LogP contribution in [0.5, 0.6) is 0 Å². The molecule has 3 rings (SSSR count). The van der Waals surface area contributed by atoms with Crippen LogP contribution in [0.4, 0.5) is 18.9 Å². The van der Waals surface area contributed by atoms with Crippen LogP contribution in [-0.4, -0.2) is 31.8 Å². The highest BCUT2D eigenvalue weighted by Crippen LogP contribution is 2.35. The lowest BCUT2D eigenvalue weighted by molar-refractivity contribution is -0.141. The molecule has 0 unspecified atom stereocenters. The first-order valence-electron chi connectivity index (χ1n) is 9.30. The normalized spacial score (nSPS) is 12.2. The summed E-state index contributed by atoms with van der Waals surface area (Å²) >= 11 is 0. The first-order chi connectivity index (χ1) is 14.5. The van der Waals surface area contributed by atoms with Crippen molar-refractivity contribution in [1.82, 2.24) is 9.78 Å². The van der Waals surface area contributed by atoms with Gasteiger partial charge in [-0.2, -0.15) is 18.3 Å². The van der Waals surface area contributed by atoms with Crippen molar-refractivity contribution in [2.45, 2.75) is 24.5 Å². The van der Waals surface area contributed by atoms with Gasteiger partial charge in [-0.1, -0.05) is 6.07 Å². The molecular formula is C20H22F3N5O2S. The minimum Gasteiger partial charge on any atom is -0.375 e. The fraction of sp³-hybridized carbons (Fsp3) is 0.250. The molecule has 31 heavy (non-hydrogen) atoms. The molecule has 0 saturated heterocycles. The monoisotopic (exact) mass is 453 g/mol. The maximum atomic E-state index is 13.4. The van der Waals surface area contributed by atoms with E-state index in [-0.39, 0.29) is 22.8 Å². The second-order valence-corrected chi connectivity index (χ2v) is 8.49. The van der Waals surface area contributed by atoms with Gasteiger partial charge in [0.2, 0.25) is 10.0 Å². The predicted octanol–water partition coefficient (Wildman–Crippen LogP) is 3.12. The number of alkyl halides is 3. The van der Waals surface area contributed by atoms with Crippen molar-refractivity contribution in [2.75, 3.05) is 18.5 Å². The first kappa shape index (κ1) is 22.8. The van der Waals surface area contributed by atoms with E-state index in [1.165, 1.54) is 24.3 Å². The zero-order valence-electron chi connectivity index (χ0n) is 16.9. The molecular weight excluding hydrogens is 431 g/mol. The Labute approximate surface area is 178 Å². The van der Waals surface area contributed by atoms with Crippen molar-refractivity contribution < 1.29 is 21.6 Å². The van der Waals surface area contributed by atoms with Crippen LogP contribution < -0.4 is 15.8 Å². The van der Waals surface area contributed by atoms with E-state index in [9.17, 15) is 21.6 Å². The van der Waals surface area contributed by atoms with Gasteiger partial charge in [0.25, 0.3) is 0 Å². The van der Waals surface area contributed by atoms with Gasteiger partial charge in [0.1, 0.15) is 0 Å². The molecule has 0 aliphatic heterocycles. The number of hydrogen-bond donors (Lipinski definition) is 2. The average molecular weight is 453 g/mol. The third kappa shape index (κ3) is 4.73. The molecule has 0 radical (unpaired) electrons. The van der Waals surface area contributed by atoms with Crippen LogP contribution in [0.2, 0.25) is 0 Å². The van der Waals surface area contributed by atoms with Gasteiger partial charge in [-0.15, -0.1) is 0 Å². The molecule has 0 amide bonds. The molecule has 1 heterocycles. The quantitative estimate of drug-likeness (QED) is 0.596. The highest BCUT2D eigenvalue weighted by molar-refractivity contribution is 7.89. The third-order valence-corrected chi connectivity index (χ3v) is 5.82. The zero-order chi connectivity index (χ0) is 23.0. The summed E-state index contributed by atoms with van der Waals surface area (Å²) in [5.41, 5.74) is 7.40. The van der Waals surface area contributed by atoms with E-state index in [1.807, 2.05) is 18.9 Å². The number of hydrogen-bond acceptors (Lipinski definition) is 5. The highest BCUT2D eigenvalue weighted by Gasteiger charge is 2.35. The summed E-state index contributed by atoms with van der Waals surface area (Å²) in [6, 6.07) is 11.3. The number of nitrogens with two attached hydrogens (primary N) is 2. The SMILES string of the molecule is CCN(C)c1ccc(-c2cc(C(F)(F)F)nn2-c2ccc(S(N)(=O)=O)cc2)cc1CN. The first-order valence-corrected chi connectivity index (χ1v) is 10.8. The lowest BCUT2D eigenvalue weighted by atomic mass is 10.0. The van der Waals surface area contributed by atoms with Crippen molar-refractivity contribution in [3.8, 4) is 16.9 Å². The Hall–Kier alpha value is -2.89. The Morgan fingerprint density at radius 2 is 1.74 bits per heavy atom. The molecule has 2 aromatic carbocycles. The Kier molecular flexibility index (Phi) is 6.12. The minimum absolute atomic E-state index is 0.154. The molecule has 0 bridgehead atoms. The second-order valence-electron chi connectivity index (χ2n) is 6.93. The molecule has 0 aliphatic rings. The van der Waals surface area contributed by atoms with Crippen molar-refractivity contribution in [3.63, 3.8) is 0 Å². The number of sulfonamides is 1. The summed E-state index contributed by atoms with van der Waals surface area (Å²) in [6.45, 7) is 2.92. The predicted molar refractivity (Wildman–Crippen MR) is 112 cm³/mol. The molecule has 7 nitrogen and oxygen atoms in total. The molecule has 0 atom stereocenters. The van der Waals surface area contributed by atoms with Crippen molar-refractivity contribution in [2.24, 2.45) is 10.9 Å². The topological polar surface area (TPSA) is 107 Å². The summed E-state index contributed by atoms with van der Waals surface area (Å²) in [5, 5.41) is 8.81. The van der Waals surface area contributed by atoms with Gasteiger partial charge < -0.3 is 10.6 Å². The van der Waals surface area contributed by atoms with Crippen molar-refractivity contribution in [1.29, 1.82) is 0 Å². The molecule has 11 heteroatoms. The van der Waals surface area contributed by atoms with Gasteiger partial charge in [0.15, 0.2) is 5.69 Å². The fourth-order valence-corrected chi connectivity index (χ4v) is 3.67. The Morgan fingerprint density at radius 3 is 2.26 bits per heavy atom.